The first-order valence-corrected chi connectivity index (χ1v) is 6.86. The fourth-order valence-corrected chi connectivity index (χ4v) is 2.95. The number of hydrogen-bond acceptors (Lipinski definition) is 5. The van der Waals surface area contributed by atoms with E-state index in [-0.39, 0.29) is 0 Å². The second-order valence-electron chi connectivity index (χ2n) is 4.19. The molecule has 1 heterocycles. The molecule has 102 valence electrons. The number of carbonyl (C=O) groups excluding carboxylic acids is 2. The zero-order chi connectivity index (χ0) is 13.8. The molecule has 5 nitrogen and oxygen atoms in total. The molecule has 0 atom stereocenters. The standard InChI is InChI=1S/C13H15NO4S/c1-18-10-2-3-11-9(6-10)8-14(4-5-19-11)12(15)7-13(16)17/h2-3,6H,4-5,7-8H2,1H3,(H,16,17)/p-1. The zero-order valence-electron chi connectivity index (χ0n) is 10.5. The molecule has 0 unspecified atom stereocenters. The van der Waals surface area contributed by atoms with Crippen molar-refractivity contribution in [3.8, 4) is 5.75 Å². The molecule has 0 bridgehead atoms. The SMILES string of the molecule is COc1ccc2c(c1)CN(C(=O)CC(=O)[O-])CCS2. The van der Waals surface area contributed by atoms with Crippen molar-refractivity contribution in [3.05, 3.63) is 23.8 Å². The Morgan fingerprint density at radius 3 is 2.95 bits per heavy atom. The van der Waals surface area contributed by atoms with Crippen molar-refractivity contribution in [2.75, 3.05) is 19.4 Å². The molecule has 1 aromatic rings. The number of carboxylic acid groups (broad SMARTS) is 1. The molecule has 0 radical (unpaired) electrons. The number of methoxy groups -OCH3 is 1. The second kappa shape index (κ2) is 5.97. The van der Waals surface area contributed by atoms with Gasteiger partial charge in [0.15, 0.2) is 0 Å². The minimum atomic E-state index is -1.34. The summed E-state index contributed by atoms with van der Waals surface area (Å²) in [6.07, 6.45) is -0.566. The lowest BCUT2D eigenvalue weighted by atomic mass is 10.2. The Bertz CT molecular complexity index is 503. The molecule has 0 spiro atoms. The lowest BCUT2D eigenvalue weighted by Gasteiger charge is -2.21. The summed E-state index contributed by atoms with van der Waals surface area (Å²) in [5, 5.41) is 10.5. The van der Waals surface area contributed by atoms with Crippen LogP contribution in [0.25, 0.3) is 0 Å². The van der Waals surface area contributed by atoms with E-state index in [2.05, 4.69) is 0 Å². The molecule has 2 rings (SSSR count). The van der Waals surface area contributed by atoms with Crippen LogP contribution in [0.2, 0.25) is 0 Å². The number of carbonyl (C=O) groups is 2. The lowest BCUT2D eigenvalue weighted by Crippen LogP contribution is -2.36. The van der Waals surface area contributed by atoms with E-state index < -0.39 is 18.3 Å². The number of hydrogen-bond donors (Lipinski definition) is 0. The number of aliphatic carboxylic acids is 1. The minimum absolute atomic E-state index is 0.406. The fourth-order valence-electron chi connectivity index (χ4n) is 1.95. The Morgan fingerprint density at radius 2 is 2.26 bits per heavy atom. The predicted octanol–water partition coefficient (Wildman–Crippen LogP) is 0.269. The first-order valence-electron chi connectivity index (χ1n) is 5.87. The average Bonchev–Trinajstić information content (AvgIpc) is 2.59. The van der Waals surface area contributed by atoms with Gasteiger partial charge in [-0.1, -0.05) is 0 Å². The normalized spacial score (nSPS) is 14.5. The van der Waals surface area contributed by atoms with E-state index in [0.717, 1.165) is 22.0 Å². The van der Waals surface area contributed by atoms with E-state index in [1.807, 2.05) is 18.2 Å². The van der Waals surface area contributed by atoms with Crippen molar-refractivity contribution in [1.82, 2.24) is 4.90 Å². The van der Waals surface area contributed by atoms with Crippen LogP contribution in [-0.2, 0) is 16.1 Å². The average molecular weight is 280 g/mol. The molecule has 0 N–H and O–H groups in total. The lowest BCUT2D eigenvalue weighted by molar-refractivity contribution is -0.304. The van der Waals surface area contributed by atoms with Gasteiger partial charge in [-0.3, -0.25) is 4.79 Å². The maximum absolute atomic E-state index is 11.8. The van der Waals surface area contributed by atoms with Crippen LogP contribution in [0.3, 0.4) is 0 Å². The van der Waals surface area contributed by atoms with Crippen LogP contribution in [0.4, 0.5) is 0 Å². The number of amides is 1. The molecule has 0 aromatic heterocycles. The second-order valence-corrected chi connectivity index (χ2v) is 5.32. The summed E-state index contributed by atoms with van der Waals surface area (Å²) in [6.45, 7) is 0.944. The summed E-state index contributed by atoms with van der Waals surface area (Å²) in [5.41, 5.74) is 0.980. The van der Waals surface area contributed by atoms with Crippen LogP contribution >= 0.6 is 11.8 Å². The molecule has 1 aliphatic rings. The van der Waals surface area contributed by atoms with Gasteiger partial charge >= 0.3 is 0 Å². The van der Waals surface area contributed by atoms with Gasteiger partial charge in [0, 0.05) is 23.7 Å². The summed E-state index contributed by atoms with van der Waals surface area (Å²) in [4.78, 5) is 24.9. The fraction of sp³-hybridized carbons (Fsp3) is 0.385. The Hall–Kier alpha value is -1.69. The van der Waals surface area contributed by atoms with E-state index >= 15 is 0 Å². The highest BCUT2D eigenvalue weighted by Crippen LogP contribution is 2.30. The molecule has 0 aliphatic carbocycles. The van der Waals surface area contributed by atoms with Crippen molar-refractivity contribution in [1.29, 1.82) is 0 Å². The smallest absolute Gasteiger partial charge is 0.228 e. The van der Waals surface area contributed by atoms with Crippen molar-refractivity contribution in [2.24, 2.45) is 0 Å². The van der Waals surface area contributed by atoms with Crippen molar-refractivity contribution in [2.45, 2.75) is 17.9 Å². The van der Waals surface area contributed by atoms with Gasteiger partial charge in [-0.25, -0.2) is 0 Å². The van der Waals surface area contributed by atoms with Gasteiger partial charge in [-0.2, -0.15) is 0 Å². The summed E-state index contributed by atoms with van der Waals surface area (Å²) in [7, 11) is 1.59. The number of benzene rings is 1. The van der Waals surface area contributed by atoms with Crippen molar-refractivity contribution < 1.29 is 19.4 Å². The van der Waals surface area contributed by atoms with E-state index in [4.69, 9.17) is 4.74 Å². The Morgan fingerprint density at radius 1 is 1.47 bits per heavy atom. The number of ether oxygens (including phenoxy) is 1. The van der Waals surface area contributed by atoms with Gasteiger partial charge in [-0.05, 0) is 23.8 Å². The monoisotopic (exact) mass is 280 g/mol. The highest BCUT2D eigenvalue weighted by Gasteiger charge is 2.19. The van der Waals surface area contributed by atoms with Crippen LogP contribution in [-0.4, -0.2) is 36.2 Å². The van der Waals surface area contributed by atoms with Gasteiger partial charge in [0.1, 0.15) is 5.75 Å². The Balaban J connectivity index is 2.18. The van der Waals surface area contributed by atoms with Crippen LogP contribution in [0.15, 0.2) is 23.1 Å². The third kappa shape index (κ3) is 3.41. The first-order chi connectivity index (χ1) is 9.10. The third-order valence-electron chi connectivity index (χ3n) is 2.90. The van der Waals surface area contributed by atoms with E-state index in [0.29, 0.717) is 13.1 Å². The van der Waals surface area contributed by atoms with Gasteiger partial charge in [-0.15, -0.1) is 11.8 Å². The topological polar surface area (TPSA) is 69.7 Å². The summed E-state index contributed by atoms with van der Waals surface area (Å²) in [6, 6.07) is 5.73. The number of carboxylic acids is 1. The molecule has 19 heavy (non-hydrogen) atoms. The molecule has 0 saturated heterocycles. The van der Waals surface area contributed by atoms with Crippen LogP contribution < -0.4 is 9.84 Å². The molecule has 0 fully saturated rings. The van der Waals surface area contributed by atoms with Gasteiger partial charge < -0.3 is 19.5 Å². The molecular weight excluding hydrogens is 266 g/mol. The van der Waals surface area contributed by atoms with Crippen molar-refractivity contribution >= 4 is 23.6 Å². The third-order valence-corrected chi connectivity index (χ3v) is 3.99. The van der Waals surface area contributed by atoms with Gasteiger partial charge in [0.05, 0.1) is 19.5 Å². The van der Waals surface area contributed by atoms with Crippen LogP contribution in [0.5, 0.6) is 5.75 Å². The molecular formula is C13H14NO4S-. The maximum atomic E-state index is 11.8. The Labute approximate surface area is 115 Å². The maximum Gasteiger partial charge on any atom is 0.228 e. The number of rotatable bonds is 3. The summed E-state index contributed by atoms with van der Waals surface area (Å²) < 4.78 is 5.16. The molecule has 1 aliphatic heterocycles. The molecule has 0 saturated carbocycles. The zero-order valence-corrected chi connectivity index (χ0v) is 11.4. The first kappa shape index (κ1) is 13.7. The van der Waals surface area contributed by atoms with E-state index in [1.54, 1.807) is 23.8 Å². The highest BCUT2D eigenvalue weighted by molar-refractivity contribution is 7.99. The predicted molar refractivity (Wildman–Crippen MR) is 68.8 cm³/mol. The van der Waals surface area contributed by atoms with E-state index in [1.165, 1.54) is 0 Å². The quantitative estimate of drug-likeness (QED) is 0.743. The number of fused-ring (bicyclic) bond motifs is 1. The van der Waals surface area contributed by atoms with Crippen LogP contribution in [0.1, 0.15) is 12.0 Å². The molecule has 6 heteroatoms. The van der Waals surface area contributed by atoms with Gasteiger partial charge in [0.2, 0.25) is 5.91 Å². The largest absolute Gasteiger partial charge is 0.550 e. The summed E-state index contributed by atoms with van der Waals surface area (Å²) >= 11 is 1.66. The molecule has 1 aromatic carbocycles. The number of thioether (sulfide) groups is 1. The minimum Gasteiger partial charge on any atom is -0.550 e. The Kier molecular flexibility index (Phi) is 4.31. The molecule has 1 amide bonds. The summed E-state index contributed by atoms with van der Waals surface area (Å²) in [5.74, 6) is -0.268. The van der Waals surface area contributed by atoms with Gasteiger partial charge in [0.25, 0.3) is 0 Å². The van der Waals surface area contributed by atoms with E-state index in [9.17, 15) is 14.7 Å². The highest BCUT2D eigenvalue weighted by atomic mass is 32.2. The van der Waals surface area contributed by atoms with Crippen molar-refractivity contribution in [3.63, 3.8) is 0 Å². The van der Waals surface area contributed by atoms with Crippen LogP contribution in [0, 0.1) is 0 Å². The number of nitrogens with zero attached hydrogens (tertiary/aromatic N) is 1.